The van der Waals surface area contributed by atoms with E-state index in [1.807, 2.05) is 0 Å². The molecule has 1 aromatic carbocycles. The van der Waals surface area contributed by atoms with Crippen LogP contribution in [0.15, 0.2) is 29.3 Å². The van der Waals surface area contributed by atoms with E-state index in [0.717, 1.165) is 37.0 Å². The normalized spacial score (nSPS) is 21.9. The van der Waals surface area contributed by atoms with Gasteiger partial charge in [-0.05, 0) is 29.4 Å². The molecule has 2 unspecified atom stereocenters. The first-order valence-corrected chi connectivity index (χ1v) is 9.56. The number of hydrogen-bond acceptors (Lipinski definition) is 2. The highest BCUT2D eigenvalue weighted by Gasteiger charge is 2.26. The van der Waals surface area contributed by atoms with E-state index in [9.17, 15) is 13.2 Å². The van der Waals surface area contributed by atoms with Crippen LogP contribution in [0, 0.1) is 11.8 Å². The summed E-state index contributed by atoms with van der Waals surface area (Å²) >= 11 is 0. The van der Waals surface area contributed by atoms with Crippen molar-refractivity contribution in [1.82, 2.24) is 15.5 Å². The van der Waals surface area contributed by atoms with Gasteiger partial charge in [-0.1, -0.05) is 38.1 Å². The monoisotopic (exact) mass is 384 g/mol. The van der Waals surface area contributed by atoms with Crippen molar-refractivity contribution in [3.8, 4) is 0 Å². The standard InChI is InChI=1S/C20H31F3N4/c1-15-10-16(2)13-27(12-15)14-18-6-4-17(5-7-18)11-26-19(24-3)25-9-8-20(21,22)23/h4-7,15-16H,8-14H2,1-3H3,(H2,24,25,26). The van der Waals surface area contributed by atoms with E-state index in [0.29, 0.717) is 12.5 Å². The van der Waals surface area contributed by atoms with Gasteiger partial charge in [0.25, 0.3) is 0 Å². The van der Waals surface area contributed by atoms with Crippen LogP contribution in [-0.4, -0.2) is 43.7 Å². The highest BCUT2D eigenvalue weighted by atomic mass is 19.4. The van der Waals surface area contributed by atoms with Crippen LogP contribution in [0.3, 0.4) is 0 Å². The van der Waals surface area contributed by atoms with Crippen molar-refractivity contribution in [1.29, 1.82) is 0 Å². The molecule has 1 saturated heterocycles. The first kappa shape index (κ1) is 21.5. The average Bonchev–Trinajstić information content (AvgIpc) is 2.57. The van der Waals surface area contributed by atoms with Crippen LogP contribution in [0.4, 0.5) is 13.2 Å². The maximum atomic E-state index is 12.2. The molecular weight excluding hydrogens is 353 g/mol. The van der Waals surface area contributed by atoms with Gasteiger partial charge in [-0.3, -0.25) is 9.89 Å². The fourth-order valence-electron chi connectivity index (χ4n) is 3.67. The van der Waals surface area contributed by atoms with Crippen molar-refractivity contribution in [3.63, 3.8) is 0 Å². The number of rotatable bonds is 6. The van der Waals surface area contributed by atoms with Crippen molar-refractivity contribution >= 4 is 5.96 Å². The second kappa shape index (κ2) is 9.97. The molecule has 0 amide bonds. The summed E-state index contributed by atoms with van der Waals surface area (Å²) in [6, 6.07) is 8.37. The number of nitrogens with zero attached hydrogens (tertiary/aromatic N) is 2. The fraction of sp³-hybridized carbons (Fsp3) is 0.650. The fourth-order valence-corrected chi connectivity index (χ4v) is 3.67. The van der Waals surface area contributed by atoms with Crippen molar-refractivity contribution in [2.75, 3.05) is 26.7 Å². The predicted molar refractivity (Wildman–Crippen MR) is 104 cm³/mol. The summed E-state index contributed by atoms with van der Waals surface area (Å²) in [6.45, 7) is 8.21. The molecule has 7 heteroatoms. The summed E-state index contributed by atoms with van der Waals surface area (Å²) in [5.41, 5.74) is 2.35. The van der Waals surface area contributed by atoms with Crippen molar-refractivity contribution in [2.24, 2.45) is 16.8 Å². The zero-order valence-corrected chi connectivity index (χ0v) is 16.4. The lowest BCUT2D eigenvalue weighted by Crippen LogP contribution is -2.38. The van der Waals surface area contributed by atoms with Crippen molar-refractivity contribution in [3.05, 3.63) is 35.4 Å². The van der Waals surface area contributed by atoms with Crippen LogP contribution in [0.1, 0.15) is 37.8 Å². The van der Waals surface area contributed by atoms with Gasteiger partial charge in [0.1, 0.15) is 0 Å². The summed E-state index contributed by atoms with van der Waals surface area (Å²) in [5.74, 6) is 1.86. The first-order valence-electron chi connectivity index (χ1n) is 9.56. The van der Waals surface area contributed by atoms with Crippen LogP contribution in [0.2, 0.25) is 0 Å². The van der Waals surface area contributed by atoms with Gasteiger partial charge in [0, 0.05) is 39.8 Å². The van der Waals surface area contributed by atoms with E-state index < -0.39 is 12.6 Å². The second-order valence-electron chi connectivity index (χ2n) is 7.67. The number of nitrogens with one attached hydrogen (secondary N) is 2. The second-order valence-corrected chi connectivity index (χ2v) is 7.67. The molecule has 1 aliphatic rings. The highest BCUT2D eigenvalue weighted by molar-refractivity contribution is 5.79. The van der Waals surface area contributed by atoms with E-state index in [1.54, 1.807) is 7.05 Å². The van der Waals surface area contributed by atoms with Gasteiger partial charge in [-0.15, -0.1) is 0 Å². The largest absolute Gasteiger partial charge is 0.390 e. The zero-order chi connectivity index (χ0) is 19.9. The van der Waals surface area contributed by atoms with Gasteiger partial charge in [-0.2, -0.15) is 13.2 Å². The summed E-state index contributed by atoms with van der Waals surface area (Å²) in [5, 5.41) is 5.73. The minimum atomic E-state index is -4.16. The minimum Gasteiger partial charge on any atom is -0.356 e. The molecule has 2 rings (SSSR count). The van der Waals surface area contributed by atoms with Gasteiger partial charge < -0.3 is 10.6 Å². The van der Waals surface area contributed by atoms with Crippen LogP contribution in [0.25, 0.3) is 0 Å². The lowest BCUT2D eigenvalue weighted by atomic mass is 9.91. The molecule has 2 N–H and O–H groups in total. The lowest BCUT2D eigenvalue weighted by molar-refractivity contribution is -0.132. The quantitative estimate of drug-likeness (QED) is 0.579. The molecule has 2 atom stereocenters. The molecule has 27 heavy (non-hydrogen) atoms. The Morgan fingerprint density at radius 3 is 2.22 bits per heavy atom. The third kappa shape index (κ3) is 8.20. The number of alkyl halides is 3. The van der Waals surface area contributed by atoms with Gasteiger partial charge in [-0.25, -0.2) is 0 Å². The summed E-state index contributed by atoms with van der Waals surface area (Å²) in [6.07, 6.45) is -3.73. The Balaban J connectivity index is 1.77. The number of benzene rings is 1. The van der Waals surface area contributed by atoms with Gasteiger partial charge in [0.2, 0.25) is 0 Å². The average molecular weight is 384 g/mol. The maximum absolute atomic E-state index is 12.2. The van der Waals surface area contributed by atoms with Gasteiger partial charge in [0.15, 0.2) is 5.96 Å². The Hall–Kier alpha value is -1.76. The Labute approximate surface area is 160 Å². The number of piperidine rings is 1. The van der Waals surface area contributed by atoms with Crippen molar-refractivity contribution < 1.29 is 13.2 Å². The third-order valence-electron chi connectivity index (χ3n) is 4.76. The molecule has 4 nitrogen and oxygen atoms in total. The molecule has 0 aromatic heterocycles. The number of hydrogen-bond donors (Lipinski definition) is 2. The highest BCUT2D eigenvalue weighted by Crippen LogP contribution is 2.22. The third-order valence-corrected chi connectivity index (χ3v) is 4.76. The number of halogens is 3. The molecule has 0 radical (unpaired) electrons. The maximum Gasteiger partial charge on any atom is 0.390 e. The molecule has 1 aliphatic heterocycles. The van der Waals surface area contributed by atoms with Crippen LogP contribution in [0.5, 0.6) is 0 Å². The lowest BCUT2D eigenvalue weighted by Gasteiger charge is -2.35. The number of aliphatic imine (C=N–C) groups is 1. The molecule has 0 saturated carbocycles. The smallest absolute Gasteiger partial charge is 0.356 e. The summed E-state index contributed by atoms with van der Waals surface area (Å²) in [7, 11) is 1.55. The van der Waals surface area contributed by atoms with Crippen LogP contribution >= 0.6 is 0 Å². The molecule has 1 aromatic rings. The summed E-state index contributed by atoms with van der Waals surface area (Å²) < 4.78 is 36.6. The topological polar surface area (TPSA) is 39.7 Å². The Bertz CT molecular complexity index is 588. The van der Waals surface area contributed by atoms with Crippen LogP contribution < -0.4 is 10.6 Å². The van der Waals surface area contributed by atoms with E-state index >= 15 is 0 Å². The summed E-state index contributed by atoms with van der Waals surface area (Å²) in [4.78, 5) is 6.46. The van der Waals surface area contributed by atoms with E-state index in [1.165, 1.54) is 12.0 Å². The van der Waals surface area contributed by atoms with Crippen LogP contribution in [-0.2, 0) is 13.1 Å². The van der Waals surface area contributed by atoms with E-state index in [4.69, 9.17) is 0 Å². The van der Waals surface area contributed by atoms with Gasteiger partial charge in [0.05, 0.1) is 6.42 Å². The van der Waals surface area contributed by atoms with Gasteiger partial charge >= 0.3 is 6.18 Å². The molecule has 1 fully saturated rings. The Morgan fingerprint density at radius 1 is 1.07 bits per heavy atom. The SMILES string of the molecule is CN=C(NCCC(F)(F)F)NCc1ccc(CN2CC(C)CC(C)C2)cc1. The predicted octanol–water partition coefficient (Wildman–Crippen LogP) is 3.78. The Kier molecular flexibility index (Phi) is 7.95. The first-order chi connectivity index (χ1) is 12.7. The molecule has 0 aliphatic carbocycles. The molecule has 0 bridgehead atoms. The Morgan fingerprint density at radius 2 is 1.67 bits per heavy atom. The van der Waals surface area contributed by atoms with Crippen molar-refractivity contribution in [2.45, 2.75) is 46.0 Å². The molecule has 152 valence electrons. The van der Waals surface area contributed by atoms with E-state index in [2.05, 4.69) is 58.6 Å². The zero-order valence-electron chi connectivity index (χ0n) is 16.4. The molecule has 1 heterocycles. The number of guanidine groups is 1. The molecule has 0 spiro atoms. The molecular formula is C20H31F3N4. The van der Waals surface area contributed by atoms with E-state index in [-0.39, 0.29) is 6.54 Å². The number of likely N-dealkylation sites (tertiary alicyclic amines) is 1. The minimum absolute atomic E-state index is 0.186.